The first-order valence-electron chi connectivity index (χ1n) is 11.3. The number of rotatable bonds is 7. The number of carbonyl (C=O) groups is 1. The molecule has 4 rings (SSSR count). The van der Waals surface area contributed by atoms with Crippen LogP contribution < -0.4 is 5.32 Å². The molecule has 1 amide bonds. The Hall–Kier alpha value is -3.62. The number of nitro benzene ring substituents is 1. The summed E-state index contributed by atoms with van der Waals surface area (Å²) in [5, 5.41) is 14.6. The average molecular weight is 461 g/mol. The lowest BCUT2D eigenvalue weighted by atomic mass is 9.94. The molecule has 0 bridgehead atoms. The number of ether oxygens (including phenoxy) is 1. The zero-order valence-corrected chi connectivity index (χ0v) is 19.4. The number of morpholine rings is 1. The van der Waals surface area contributed by atoms with Gasteiger partial charge >= 0.3 is 0 Å². The van der Waals surface area contributed by atoms with Gasteiger partial charge in [0.2, 0.25) is 0 Å². The molecule has 0 spiro atoms. The standard InChI is InChI=1S/C26H28N4O4/c1-18-8-9-21(16-24(18)30(32)33)22-17-23(20-6-4-3-5-7-20)28-19(2)25(22)26(31)27-10-11-29-12-14-34-15-13-29/h3-9,16-17H,10-15H2,1-2H3,(H,27,31). The molecule has 0 aliphatic carbocycles. The number of hydrogen-bond donors (Lipinski definition) is 1. The fraction of sp³-hybridized carbons (Fsp3) is 0.308. The number of carbonyl (C=O) groups excluding carboxylic acids is 1. The van der Waals surface area contributed by atoms with Gasteiger partial charge < -0.3 is 10.1 Å². The van der Waals surface area contributed by atoms with Crippen LogP contribution in [0.1, 0.15) is 21.6 Å². The maximum atomic E-state index is 13.3. The van der Waals surface area contributed by atoms with E-state index >= 15 is 0 Å². The maximum Gasteiger partial charge on any atom is 0.272 e. The van der Waals surface area contributed by atoms with Crippen LogP contribution in [-0.2, 0) is 4.74 Å². The molecule has 8 nitrogen and oxygen atoms in total. The Labute approximate surface area is 198 Å². The second-order valence-corrected chi connectivity index (χ2v) is 8.35. The SMILES string of the molecule is Cc1ccc(-c2cc(-c3ccccc3)nc(C)c2C(=O)NCCN2CCOCC2)cc1[N+](=O)[O-]. The molecule has 1 aliphatic heterocycles. The van der Waals surface area contributed by atoms with Gasteiger partial charge in [0, 0.05) is 43.4 Å². The lowest BCUT2D eigenvalue weighted by Gasteiger charge is -2.26. The number of nitro groups is 1. The summed E-state index contributed by atoms with van der Waals surface area (Å²) in [6.45, 7) is 7.83. The molecule has 1 aliphatic rings. The molecule has 3 aromatic rings. The van der Waals surface area contributed by atoms with E-state index in [0.717, 1.165) is 25.2 Å². The topological polar surface area (TPSA) is 97.6 Å². The molecule has 1 fully saturated rings. The minimum absolute atomic E-state index is 0.0203. The highest BCUT2D eigenvalue weighted by molar-refractivity contribution is 6.02. The van der Waals surface area contributed by atoms with Crippen molar-refractivity contribution in [1.82, 2.24) is 15.2 Å². The van der Waals surface area contributed by atoms with Crippen LogP contribution in [-0.4, -0.2) is 60.1 Å². The number of nitrogens with zero attached hydrogens (tertiary/aromatic N) is 3. The van der Waals surface area contributed by atoms with Gasteiger partial charge in [-0.25, -0.2) is 0 Å². The summed E-state index contributed by atoms with van der Waals surface area (Å²) >= 11 is 0. The molecule has 1 aromatic heterocycles. The zero-order chi connectivity index (χ0) is 24.1. The molecule has 2 heterocycles. The fourth-order valence-electron chi connectivity index (χ4n) is 4.16. The third-order valence-corrected chi connectivity index (χ3v) is 6.03. The van der Waals surface area contributed by atoms with E-state index in [9.17, 15) is 14.9 Å². The molecule has 0 saturated carbocycles. The van der Waals surface area contributed by atoms with Crippen molar-refractivity contribution in [2.24, 2.45) is 0 Å². The Morgan fingerprint density at radius 1 is 1.09 bits per heavy atom. The number of nitrogens with one attached hydrogen (secondary N) is 1. The van der Waals surface area contributed by atoms with Crippen LogP contribution in [0.2, 0.25) is 0 Å². The summed E-state index contributed by atoms with van der Waals surface area (Å²) in [6, 6.07) is 16.6. The molecular formula is C26H28N4O4. The van der Waals surface area contributed by atoms with Gasteiger partial charge in [0.15, 0.2) is 0 Å². The first-order chi connectivity index (χ1) is 16.4. The quantitative estimate of drug-likeness (QED) is 0.423. The van der Waals surface area contributed by atoms with Crippen molar-refractivity contribution in [2.45, 2.75) is 13.8 Å². The van der Waals surface area contributed by atoms with Crippen LogP contribution in [0.5, 0.6) is 0 Å². The number of aromatic nitrogens is 1. The molecule has 0 radical (unpaired) electrons. The van der Waals surface area contributed by atoms with Gasteiger partial charge in [-0.15, -0.1) is 0 Å². The van der Waals surface area contributed by atoms with Gasteiger partial charge in [-0.2, -0.15) is 0 Å². The highest BCUT2D eigenvalue weighted by Gasteiger charge is 2.21. The molecular weight excluding hydrogens is 432 g/mol. The van der Waals surface area contributed by atoms with E-state index in [4.69, 9.17) is 9.72 Å². The Bertz CT molecular complexity index is 1190. The van der Waals surface area contributed by atoms with E-state index in [1.165, 1.54) is 6.07 Å². The monoisotopic (exact) mass is 460 g/mol. The number of aryl methyl sites for hydroxylation is 2. The molecule has 176 valence electrons. The largest absolute Gasteiger partial charge is 0.379 e. The summed E-state index contributed by atoms with van der Waals surface area (Å²) in [6.07, 6.45) is 0. The van der Waals surface area contributed by atoms with Crippen molar-refractivity contribution in [1.29, 1.82) is 0 Å². The summed E-state index contributed by atoms with van der Waals surface area (Å²) in [7, 11) is 0. The van der Waals surface area contributed by atoms with E-state index < -0.39 is 4.92 Å². The summed E-state index contributed by atoms with van der Waals surface area (Å²) in [4.78, 5) is 31.4. The first-order valence-corrected chi connectivity index (χ1v) is 11.3. The number of benzene rings is 2. The van der Waals surface area contributed by atoms with Crippen LogP contribution in [0, 0.1) is 24.0 Å². The van der Waals surface area contributed by atoms with E-state index in [-0.39, 0.29) is 11.6 Å². The van der Waals surface area contributed by atoms with Crippen molar-refractivity contribution < 1.29 is 14.5 Å². The molecule has 0 atom stereocenters. The van der Waals surface area contributed by atoms with E-state index in [0.29, 0.717) is 53.4 Å². The minimum atomic E-state index is -0.396. The number of amides is 1. The van der Waals surface area contributed by atoms with Crippen molar-refractivity contribution >= 4 is 11.6 Å². The van der Waals surface area contributed by atoms with Crippen LogP contribution >= 0.6 is 0 Å². The predicted molar refractivity (Wildman–Crippen MR) is 131 cm³/mol. The minimum Gasteiger partial charge on any atom is -0.379 e. The molecule has 0 unspecified atom stereocenters. The molecule has 8 heteroatoms. The maximum absolute atomic E-state index is 13.3. The number of hydrogen-bond acceptors (Lipinski definition) is 6. The summed E-state index contributed by atoms with van der Waals surface area (Å²) in [5.41, 5.74) is 4.44. The Morgan fingerprint density at radius 3 is 2.53 bits per heavy atom. The Balaban J connectivity index is 1.71. The van der Waals surface area contributed by atoms with Gasteiger partial charge in [0.25, 0.3) is 11.6 Å². The van der Waals surface area contributed by atoms with Gasteiger partial charge in [0.05, 0.1) is 35.1 Å². The van der Waals surface area contributed by atoms with Crippen molar-refractivity contribution in [3.63, 3.8) is 0 Å². The third-order valence-electron chi connectivity index (χ3n) is 6.03. The van der Waals surface area contributed by atoms with Crippen molar-refractivity contribution in [3.8, 4) is 22.4 Å². The number of pyridine rings is 1. The van der Waals surface area contributed by atoms with Gasteiger partial charge in [0.1, 0.15) is 0 Å². The third kappa shape index (κ3) is 5.30. The molecule has 2 aromatic carbocycles. The fourth-order valence-corrected chi connectivity index (χ4v) is 4.16. The van der Waals surface area contributed by atoms with Crippen LogP contribution in [0.4, 0.5) is 5.69 Å². The normalized spacial score (nSPS) is 14.1. The smallest absolute Gasteiger partial charge is 0.272 e. The second kappa shape index (κ2) is 10.5. The van der Waals surface area contributed by atoms with Crippen LogP contribution in [0.3, 0.4) is 0 Å². The first kappa shape index (κ1) is 23.5. The molecule has 34 heavy (non-hydrogen) atoms. The van der Waals surface area contributed by atoms with Gasteiger partial charge in [-0.05, 0) is 31.0 Å². The Morgan fingerprint density at radius 2 is 1.82 bits per heavy atom. The van der Waals surface area contributed by atoms with Gasteiger partial charge in [-0.1, -0.05) is 42.5 Å². The van der Waals surface area contributed by atoms with E-state index in [2.05, 4.69) is 10.2 Å². The van der Waals surface area contributed by atoms with Gasteiger partial charge in [-0.3, -0.25) is 24.8 Å². The van der Waals surface area contributed by atoms with E-state index in [1.54, 1.807) is 19.9 Å². The van der Waals surface area contributed by atoms with Crippen LogP contribution in [0.25, 0.3) is 22.4 Å². The van der Waals surface area contributed by atoms with Crippen molar-refractivity contribution in [3.05, 3.63) is 81.5 Å². The lowest BCUT2D eigenvalue weighted by molar-refractivity contribution is -0.385. The zero-order valence-electron chi connectivity index (χ0n) is 19.4. The van der Waals surface area contributed by atoms with Crippen LogP contribution in [0.15, 0.2) is 54.6 Å². The lowest BCUT2D eigenvalue weighted by Crippen LogP contribution is -2.41. The average Bonchev–Trinajstić information content (AvgIpc) is 2.84. The molecule has 1 saturated heterocycles. The molecule has 1 N–H and O–H groups in total. The highest BCUT2D eigenvalue weighted by Crippen LogP contribution is 2.33. The van der Waals surface area contributed by atoms with E-state index in [1.807, 2.05) is 42.5 Å². The summed E-state index contributed by atoms with van der Waals surface area (Å²) in [5.74, 6) is -0.240. The second-order valence-electron chi connectivity index (χ2n) is 8.35. The predicted octanol–water partition coefficient (Wildman–Crippen LogP) is 4.00. The Kier molecular flexibility index (Phi) is 7.30. The summed E-state index contributed by atoms with van der Waals surface area (Å²) < 4.78 is 5.37. The van der Waals surface area contributed by atoms with Crippen molar-refractivity contribution in [2.75, 3.05) is 39.4 Å². The highest BCUT2D eigenvalue weighted by atomic mass is 16.6.